The van der Waals surface area contributed by atoms with Crippen LogP contribution in [0.25, 0.3) is 0 Å². The molecular weight excluding hydrogens is 519 g/mol. The van der Waals surface area contributed by atoms with Crippen molar-refractivity contribution in [1.82, 2.24) is 15.5 Å². The molecule has 2 unspecified atom stereocenters. The fraction of sp³-hybridized carbons (Fsp3) is 0.542. The zero-order chi connectivity index (χ0) is 22.1. The zero-order valence-electron chi connectivity index (χ0n) is 19.6. The maximum Gasteiger partial charge on any atom is 0.191 e. The van der Waals surface area contributed by atoms with E-state index >= 15 is 0 Å². The number of benzene rings is 1. The van der Waals surface area contributed by atoms with Crippen LogP contribution in [0.1, 0.15) is 43.2 Å². The summed E-state index contributed by atoms with van der Waals surface area (Å²) < 4.78 is 17.4. The summed E-state index contributed by atoms with van der Waals surface area (Å²) in [5.41, 5.74) is 2.28. The van der Waals surface area contributed by atoms with Gasteiger partial charge in [0, 0.05) is 32.1 Å². The number of rotatable bonds is 10. The normalized spacial score (nSPS) is 17.2. The van der Waals surface area contributed by atoms with Gasteiger partial charge in [-0.25, -0.2) is 0 Å². The van der Waals surface area contributed by atoms with Crippen molar-refractivity contribution in [3.05, 3.63) is 53.5 Å². The fourth-order valence-electron chi connectivity index (χ4n) is 3.85. The molecule has 32 heavy (non-hydrogen) atoms. The smallest absolute Gasteiger partial charge is 0.191 e. The summed E-state index contributed by atoms with van der Waals surface area (Å²) in [6, 6.07) is 10.4. The van der Waals surface area contributed by atoms with E-state index in [1.165, 1.54) is 5.56 Å². The Balaban J connectivity index is 0.00000363. The van der Waals surface area contributed by atoms with Gasteiger partial charge in [-0.05, 0) is 43.8 Å². The van der Waals surface area contributed by atoms with Gasteiger partial charge in [0.15, 0.2) is 5.96 Å². The van der Waals surface area contributed by atoms with Gasteiger partial charge < -0.3 is 24.5 Å². The molecule has 1 aliphatic heterocycles. The molecule has 2 N–H and O–H groups in total. The first-order chi connectivity index (χ1) is 15.1. The van der Waals surface area contributed by atoms with Crippen LogP contribution in [0.3, 0.4) is 0 Å². The first-order valence-electron chi connectivity index (χ1n) is 11.2. The maximum absolute atomic E-state index is 6.22. The molecule has 1 saturated heterocycles. The second-order valence-electron chi connectivity index (χ2n) is 7.77. The number of halogens is 1. The molecule has 8 heteroatoms. The molecule has 2 aromatic rings. The highest BCUT2D eigenvalue weighted by molar-refractivity contribution is 14.0. The van der Waals surface area contributed by atoms with Crippen molar-refractivity contribution in [2.24, 2.45) is 4.99 Å². The monoisotopic (exact) mass is 556 g/mol. The molecule has 0 aliphatic carbocycles. The quantitative estimate of drug-likeness (QED) is 0.261. The summed E-state index contributed by atoms with van der Waals surface area (Å²) in [7, 11) is 1.79. The van der Waals surface area contributed by atoms with E-state index in [2.05, 4.69) is 59.5 Å². The SMILES string of the molecule is CCN(CC)C(CNC(=NC)NCc1ccc(C)cc1OC1CCOC1)c1ccco1.I. The Morgan fingerprint density at radius 1 is 1.25 bits per heavy atom. The standard InChI is InChI=1S/C24H36N4O3.HI/c1-5-28(6-2)21(22-8-7-12-30-22)16-27-24(25-4)26-15-19-10-9-18(3)14-23(19)31-20-11-13-29-17-20;/h7-10,12,14,20-21H,5-6,11,13,15-17H2,1-4H3,(H2,25,26,27);1H. The van der Waals surface area contributed by atoms with Gasteiger partial charge in [-0.2, -0.15) is 0 Å². The van der Waals surface area contributed by atoms with Crippen LogP contribution in [0.2, 0.25) is 0 Å². The molecule has 178 valence electrons. The minimum atomic E-state index is 0. The van der Waals surface area contributed by atoms with Gasteiger partial charge in [0.2, 0.25) is 0 Å². The zero-order valence-corrected chi connectivity index (χ0v) is 21.9. The van der Waals surface area contributed by atoms with Gasteiger partial charge in [0.25, 0.3) is 0 Å². The highest BCUT2D eigenvalue weighted by atomic mass is 127. The van der Waals surface area contributed by atoms with Crippen molar-refractivity contribution < 1.29 is 13.9 Å². The molecule has 0 bridgehead atoms. The number of ether oxygens (including phenoxy) is 2. The van der Waals surface area contributed by atoms with E-state index in [4.69, 9.17) is 13.9 Å². The molecule has 1 aromatic heterocycles. The molecule has 7 nitrogen and oxygen atoms in total. The van der Waals surface area contributed by atoms with Crippen molar-refractivity contribution in [3.63, 3.8) is 0 Å². The summed E-state index contributed by atoms with van der Waals surface area (Å²) in [6.45, 7) is 11.1. The molecule has 0 spiro atoms. The maximum atomic E-state index is 6.22. The van der Waals surface area contributed by atoms with Gasteiger partial charge in [-0.15, -0.1) is 24.0 Å². The molecule has 1 fully saturated rings. The minimum Gasteiger partial charge on any atom is -0.488 e. The molecule has 1 aromatic carbocycles. The second-order valence-corrected chi connectivity index (χ2v) is 7.77. The van der Waals surface area contributed by atoms with Crippen LogP contribution >= 0.6 is 24.0 Å². The summed E-state index contributed by atoms with van der Waals surface area (Å²) in [4.78, 5) is 6.77. The third kappa shape index (κ3) is 7.38. The molecule has 0 amide bonds. The summed E-state index contributed by atoms with van der Waals surface area (Å²) in [5.74, 6) is 2.62. The Morgan fingerprint density at radius 2 is 2.06 bits per heavy atom. The third-order valence-corrected chi connectivity index (χ3v) is 5.66. The van der Waals surface area contributed by atoms with Crippen LogP contribution in [0.15, 0.2) is 46.0 Å². The Labute approximate surface area is 209 Å². The number of hydrogen-bond donors (Lipinski definition) is 2. The van der Waals surface area contributed by atoms with E-state index in [0.717, 1.165) is 49.1 Å². The van der Waals surface area contributed by atoms with E-state index in [0.29, 0.717) is 19.7 Å². The largest absolute Gasteiger partial charge is 0.488 e. The van der Waals surface area contributed by atoms with Gasteiger partial charge in [-0.1, -0.05) is 26.0 Å². The second kappa shape index (κ2) is 13.7. The van der Waals surface area contributed by atoms with E-state index in [1.807, 2.05) is 12.1 Å². The number of hydrogen-bond acceptors (Lipinski definition) is 5. The Bertz CT molecular complexity index is 819. The van der Waals surface area contributed by atoms with Gasteiger partial charge >= 0.3 is 0 Å². The lowest BCUT2D eigenvalue weighted by Gasteiger charge is -2.28. The van der Waals surface area contributed by atoms with Crippen LogP contribution in [0, 0.1) is 6.92 Å². The van der Waals surface area contributed by atoms with Crippen LogP contribution in [-0.4, -0.2) is 56.9 Å². The number of aliphatic imine (C=N–C) groups is 1. The van der Waals surface area contributed by atoms with E-state index in [9.17, 15) is 0 Å². The molecule has 3 rings (SSSR count). The lowest BCUT2D eigenvalue weighted by atomic mass is 10.1. The predicted molar refractivity (Wildman–Crippen MR) is 139 cm³/mol. The van der Waals surface area contributed by atoms with Crippen molar-refractivity contribution in [3.8, 4) is 5.75 Å². The van der Waals surface area contributed by atoms with Crippen molar-refractivity contribution >= 4 is 29.9 Å². The summed E-state index contributed by atoms with van der Waals surface area (Å²) in [5, 5.41) is 6.88. The molecule has 0 saturated carbocycles. The lowest BCUT2D eigenvalue weighted by molar-refractivity contribution is 0.140. The number of nitrogens with zero attached hydrogens (tertiary/aromatic N) is 2. The Morgan fingerprint density at radius 3 is 2.69 bits per heavy atom. The predicted octanol–water partition coefficient (Wildman–Crippen LogP) is 4.12. The molecule has 2 heterocycles. The van der Waals surface area contributed by atoms with Crippen molar-refractivity contribution in [2.75, 3.05) is 39.9 Å². The van der Waals surface area contributed by atoms with Gasteiger partial charge in [-0.3, -0.25) is 9.89 Å². The van der Waals surface area contributed by atoms with Crippen LogP contribution < -0.4 is 15.4 Å². The molecule has 2 atom stereocenters. The summed E-state index contributed by atoms with van der Waals surface area (Å²) in [6.07, 6.45) is 2.79. The average Bonchev–Trinajstić information content (AvgIpc) is 3.48. The number of aryl methyl sites for hydroxylation is 1. The molecule has 0 radical (unpaired) electrons. The number of nitrogens with one attached hydrogen (secondary N) is 2. The number of furan rings is 1. The molecule has 1 aliphatic rings. The van der Waals surface area contributed by atoms with Gasteiger partial charge in [0.05, 0.1) is 25.5 Å². The highest BCUT2D eigenvalue weighted by Crippen LogP contribution is 2.24. The first kappa shape index (κ1) is 26.5. The topological polar surface area (TPSA) is 71.3 Å². The third-order valence-electron chi connectivity index (χ3n) is 5.66. The Kier molecular flexibility index (Phi) is 11.3. The van der Waals surface area contributed by atoms with Crippen LogP contribution in [-0.2, 0) is 11.3 Å². The van der Waals surface area contributed by atoms with E-state index in [1.54, 1.807) is 13.3 Å². The molecular formula is C24H37IN4O3. The van der Waals surface area contributed by atoms with Gasteiger partial charge in [0.1, 0.15) is 17.6 Å². The Hall–Kier alpha value is -1.78. The van der Waals surface area contributed by atoms with Crippen molar-refractivity contribution in [2.45, 2.75) is 45.9 Å². The highest BCUT2D eigenvalue weighted by Gasteiger charge is 2.21. The van der Waals surface area contributed by atoms with Crippen LogP contribution in [0.4, 0.5) is 0 Å². The fourth-order valence-corrected chi connectivity index (χ4v) is 3.85. The van der Waals surface area contributed by atoms with E-state index < -0.39 is 0 Å². The van der Waals surface area contributed by atoms with E-state index in [-0.39, 0.29) is 36.1 Å². The number of likely N-dealkylation sites (N-methyl/N-ethyl adjacent to an activating group) is 1. The minimum absolute atomic E-state index is 0. The lowest BCUT2D eigenvalue weighted by Crippen LogP contribution is -2.43. The number of guanidine groups is 1. The van der Waals surface area contributed by atoms with Crippen LogP contribution in [0.5, 0.6) is 5.75 Å². The van der Waals surface area contributed by atoms with Crippen molar-refractivity contribution in [1.29, 1.82) is 0 Å². The summed E-state index contributed by atoms with van der Waals surface area (Å²) >= 11 is 0. The first-order valence-corrected chi connectivity index (χ1v) is 11.2. The average molecular weight is 556 g/mol.